The van der Waals surface area contributed by atoms with E-state index in [1.54, 1.807) is 24.3 Å². The van der Waals surface area contributed by atoms with Crippen LogP contribution < -0.4 is 0 Å². The van der Waals surface area contributed by atoms with Gasteiger partial charge in [-0.2, -0.15) is 0 Å². The zero-order valence-electron chi connectivity index (χ0n) is 16.1. The van der Waals surface area contributed by atoms with E-state index in [0.29, 0.717) is 34.1 Å². The molecule has 1 aliphatic rings. The fraction of sp³-hybridized carbons (Fsp3) is 0.120. The van der Waals surface area contributed by atoms with Crippen molar-refractivity contribution in [1.29, 1.82) is 0 Å². The quantitative estimate of drug-likeness (QED) is 0.332. The molecule has 0 saturated carbocycles. The van der Waals surface area contributed by atoms with E-state index in [2.05, 4.69) is 6.07 Å². The largest absolute Gasteiger partial charge is 0.274 e. The number of hydrogen-bond acceptors (Lipinski definition) is 2. The monoisotopic (exact) mass is 435 g/mol. The van der Waals surface area contributed by atoms with Crippen LogP contribution in [0.2, 0.25) is 10.0 Å². The molecule has 30 heavy (non-hydrogen) atoms. The highest BCUT2D eigenvalue weighted by Crippen LogP contribution is 2.26. The van der Waals surface area contributed by atoms with Gasteiger partial charge in [0.2, 0.25) is 0 Å². The number of carbonyl (C=O) groups is 2. The van der Waals surface area contributed by atoms with Crippen LogP contribution in [0, 0.1) is 0 Å². The molecule has 3 nitrogen and oxygen atoms in total. The first-order valence-electron chi connectivity index (χ1n) is 9.71. The number of amides is 2. The summed E-state index contributed by atoms with van der Waals surface area (Å²) in [7, 11) is 0. The summed E-state index contributed by atoms with van der Waals surface area (Å²) in [6.45, 7) is 0.404. The number of aryl methyl sites for hydroxylation is 1. The predicted octanol–water partition coefficient (Wildman–Crippen LogP) is 6.39. The Hall–Kier alpha value is -2.88. The molecule has 0 spiro atoms. The Morgan fingerprint density at radius 1 is 0.767 bits per heavy atom. The van der Waals surface area contributed by atoms with Gasteiger partial charge < -0.3 is 0 Å². The molecule has 150 valence electrons. The van der Waals surface area contributed by atoms with Crippen molar-refractivity contribution in [3.63, 3.8) is 0 Å². The van der Waals surface area contributed by atoms with Crippen molar-refractivity contribution in [1.82, 2.24) is 4.90 Å². The van der Waals surface area contributed by atoms with Crippen LogP contribution in [0.25, 0.3) is 12.2 Å². The van der Waals surface area contributed by atoms with Crippen molar-refractivity contribution < 1.29 is 9.59 Å². The lowest BCUT2D eigenvalue weighted by molar-refractivity contribution is 0.0652. The van der Waals surface area contributed by atoms with Gasteiger partial charge in [0.1, 0.15) is 0 Å². The highest BCUT2D eigenvalue weighted by Gasteiger charge is 2.34. The highest BCUT2D eigenvalue weighted by atomic mass is 35.5. The molecule has 0 aliphatic carbocycles. The van der Waals surface area contributed by atoms with Crippen molar-refractivity contribution in [2.45, 2.75) is 12.8 Å². The minimum atomic E-state index is -0.205. The van der Waals surface area contributed by atoms with Gasteiger partial charge in [0.25, 0.3) is 11.8 Å². The van der Waals surface area contributed by atoms with Gasteiger partial charge in [-0.25, -0.2) is 0 Å². The Balaban J connectivity index is 1.39. The fourth-order valence-electron chi connectivity index (χ4n) is 3.59. The maximum atomic E-state index is 12.5. The summed E-state index contributed by atoms with van der Waals surface area (Å²) in [5, 5.41) is 1.21. The first kappa shape index (κ1) is 20.4. The second-order valence-corrected chi connectivity index (χ2v) is 7.94. The molecule has 4 rings (SSSR count). The van der Waals surface area contributed by atoms with Crippen LogP contribution in [0.4, 0.5) is 0 Å². The highest BCUT2D eigenvalue weighted by molar-refractivity contribution is 6.37. The smallest absolute Gasteiger partial charge is 0.261 e. The Kier molecular flexibility index (Phi) is 6.03. The molecule has 1 aliphatic heterocycles. The SMILES string of the molecule is O=C1c2ccccc2C(=O)N1CCCc1cccc(C=Cc2c(Cl)cccc2Cl)c1. The van der Waals surface area contributed by atoms with E-state index in [4.69, 9.17) is 23.2 Å². The third-order valence-corrected chi connectivity index (χ3v) is 5.78. The minimum Gasteiger partial charge on any atom is -0.274 e. The van der Waals surface area contributed by atoms with Gasteiger partial charge in [0.15, 0.2) is 0 Å². The Morgan fingerprint density at radius 3 is 2.07 bits per heavy atom. The number of carbonyl (C=O) groups excluding carboxylic acids is 2. The lowest BCUT2D eigenvalue weighted by Gasteiger charge is -2.13. The third kappa shape index (κ3) is 4.18. The average molecular weight is 436 g/mol. The van der Waals surface area contributed by atoms with Crippen LogP contribution in [0.1, 0.15) is 43.8 Å². The Bertz CT molecular complexity index is 1100. The molecule has 3 aromatic carbocycles. The number of nitrogens with zero attached hydrogens (tertiary/aromatic N) is 1. The molecular formula is C25H19Cl2NO2. The summed E-state index contributed by atoms with van der Waals surface area (Å²) in [6, 6.07) is 20.5. The van der Waals surface area contributed by atoms with Gasteiger partial charge in [0.05, 0.1) is 11.1 Å². The summed E-state index contributed by atoms with van der Waals surface area (Å²) < 4.78 is 0. The van der Waals surface area contributed by atoms with E-state index in [1.165, 1.54) is 4.90 Å². The zero-order chi connectivity index (χ0) is 21.1. The van der Waals surface area contributed by atoms with Gasteiger partial charge in [-0.05, 0) is 48.2 Å². The average Bonchev–Trinajstić information content (AvgIpc) is 2.99. The third-order valence-electron chi connectivity index (χ3n) is 5.12. The summed E-state index contributed by atoms with van der Waals surface area (Å²) in [4.78, 5) is 26.2. The van der Waals surface area contributed by atoms with E-state index in [0.717, 1.165) is 23.1 Å². The number of imide groups is 1. The number of hydrogen-bond donors (Lipinski definition) is 0. The zero-order valence-corrected chi connectivity index (χ0v) is 17.7. The molecule has 0 radical (unpaired) electrons. The summed E-state index contributed by atoms with van der Waals surface area (Å²) in [5.41, 5.74) is 3.95. The molecule has 5 heteroatoms. The number of halogens is 2. The van der Waals surface area contributed by atoms with E-state index in [-0.39, 0.29) is 11.8 Å². The van der Waals surface area contributed by atoms with Crippen molar-refractivity contribution >= 4 is 47.2 Å². The normalized spacial score (nSPS) is 13.3. The van der Waals surface area contributed by atoms with E-state index in [9.17, 15) is 9.59 Å². The standard InChI is InChI=1S/C25H19Cl2NO2/c26-22-11-4-12-23(27)21(22)14-13-18-7-3-6-17(16-18)8-5-15-28-24(29)19-9-1-2-10-20(19)25(28)30/h1-4,6-7,9-14,16H,5,8,15H2. The van der Waals surface area contributed by atoms with Crippen LogP contribution >= 0.6 is 23.2 Å². The summed E-state index contributed by atoms with van der Waals surface area (Å²) in [5.74, 6) is -0.409. The van der Waals surface area contributed by atoms with Crippen LogP contribution in [-0.2, 0) is 6.42 Å². The molecule has 3 aromatic rings. The summed E-state index contributed by atoms with van der Waals surface area (Å²) in [6.07, 6.45) is 5.35. The molecule has 0 bridgehead atoms. The molecule has 0 aromatic heterocycles. The second-order valence-electron chi connectivity index (χ2n) is 7.12. The maximum Gasteiger partial charge on any atom is 0.261 e. The Morgan fingerprint density at radius 2 is 1.40 bits per heavy atom. The maximum absolute atomic E-state index is 12.5. The van der Waals surface area contributed by atoms with Crippen molar-refractivity contribution in [2.75, 3.05) is 6.54 Å². The van der Waals surface area contributed by atoms with E-state index < -0.39 is 0 Å². The van der Waals surface area contributed by atoms with Gasteiger partial charge in [-0.15, -0.1) is 0 Å². The molecule has 0 N–H and O–H groups in total. The molecule has 0 atom stereocenters. The van der Waals surface area contributed by atoms with E-state index >= 15 is 0 Å². The fourth-order valence-corrected chi connectivity index (χ4v) is 4.11. The molecule has 0 saturated heterocycles. The van der Waals surface area contributed by atoms with Crippen molar-refractivity contribution in [3.05, 3.63) is 105 Å². The van der Waals surface area contributed by atoms with Gasteiger partial charge >= 0.3 is 0 Å². The molecule has 0 fully saturated rings. The first-order valence-corrected chi connectivity index (χ1v) is 10.5. The molecule has 1 heterocycles. The lowest BCUT2D eigenvalue weighted by atomic mass is 10.0. The topological polar surface area (TPSA) is 37.4 Å². The van der Waals surface area contributed by atoms with Gasteiger partial charge in [0, 0.05) is 22.2 Å². The first-order chi connectivity index (χ1) is 14.5. The number of fused-ring (bicyclic) bond motifs is 1. The van der Waals surface area contributed by atoms with Crippen LogP contribution in [0.5, 0.6) is 0 Å². The van der Waals surface area contributed by atoms with Crippen LogP contribution in [0.3, 0.4) is 0 Å². The summed E-state index contributed by atoms with van der Waals surface area (Å²) >= 11 is 12.4. The second kappa shape index (κ2) is 8.86. The van der Waals surface area contributed by atoms with Gasteiger partial charge in [-0.1, -0.05) is 77.8 Å². The number of rotatable bonds is 6. The molecule has 0 unspecified atom stereocenters. The minimum absolute atomic E-state index is 0.205. The molecular weight excluding hydrogens is 417 g/mol. The predicted molar refractivity (Wildman–Crippen MR) is 122 cm³/mol. The lowest BCUT2D eigenvalue weighted by Crippen LogP contribution is -2.30. The Labute approximate surface area is 185 Å². The van der Waals surface area contributed by atoms with Crippen molar-refractivity contribution in [3.8, 4) is 0 Å². The molecule has 2 amide bonds. The van der Waals surface area contributed by atoms with Crippen LogP contribution in [-0.4, -0.2) is 23.3 Å². The van der Waals surface area contributed by atoms with Crippen molar-refractivity contribution in [2.24, 2.45) is 0 Å². The number of benzene rings is 3. The van der Waals surface area contributed by atoms with Gasteiger partial charge in [-0.3, -0.25) is 14.5 Å². The van der Waals surface area contributed by atoms with E-state index in [1.807, 2.05) is 48.6 Å². The van der Waals surface area contributed by atoms with Crippen LogP contribution in [0.15, 0.2) is 66.7 Å².